The van der Waals surface area contributed by atoms with E-state index in [0.717, 1.165) is 15.8 Å². The van der Waals surface area contributed by atoms with Crippen molar-refractivity contribution in [2.75, 3.05) is 6.61 Å². The maximum absolute atomic E-state index is 14.3. The van der Waals surface area contributed by atoms with Gasteiger partial charge in [0.05, 0.1) is 24.5 Å². The summed E-state index contributed by atoms with van der Waals surface area (Å²) in [7, 11) is -2.88. The molecule has 3 atom stereocenters. The second-order valence-electron chi connectivity index (χ2n) is 7.75. The lowest BCUT2D eigenvalue weighted by Crippen LogP contribution is -2.25. The molecule has 2 aromatic rings. The maximum atomic E-state index is 14.3. The fourth-order valence-corrected chi connectivity index (χ4v) is 4.20. The summed E-state index contributed by atoms with van der Waals surface area (Å²) in [6.07, 6.45) is -0.461. The molecule has 0 spiro atoms. The largest absolute Gasteiger partial charge is 0.678 e. The number of hydrogen-bond donors (Lipinski definition) is 2. The Kier molecular flexibility index (Phi) is 5.92. The van der Waals surface area contributed by atoms with E-state index < -0.39 is 31.5 Å². The zero-order chi connectivity index (χ0) is 22.3. The van der Waals surface area contributed by atoms with Crippen LogP contribution in [-0.4, -0.2) is 52.7 Å². The summed E-state index contributed by atoms with van der Waals surface area (Å²) in [6, 6.07) is 8.44. The van der Waals surface area contributed by atoms with E-state index in [1.54, 1.807) is 12.1 Å². The molecule has 1 saturated heterocycles. The molecule has 1 unspecified atom stereocenters. The fraction of sp³-hybridized carbons (Fsp3) is 0.318. The second kappa shape index (κ2) is 8.49. The van der Waals surface area contributed by atoms with Crippen LogP contribution in [-0.2, 0) is 4.74 Å². The van der Waals surface area contributed by atoms with Crippen molar-refractivity contribution < 1.29 is 28.0 Å². The van der Waals surface area contributed by atoms with Crippen molar-refractivity contribution in [2.45, 2.75) is 38.6 Å². The zero-order valence-electron chi connectivity index (χ0n) is 17.1. The number of benzene rings is 1. The van der Waals surface area contributed by atoms with Crippen molar-refractivity contribution in [1.29, 1.82) is 0 Å². The average molecular weight is 430 g/mol. The highest BCUT2D eigenvalue weighted by Gasteiger charge is 2.40. The lowest BCUT2D eigenvalue weighted by atomic mass is 9.96. The molecule has 1 fully saturated rings. The van der Waals surface area contributed by atoms with Crippen molar-refractivity contribution in [3.8, 4) is 11.3 Å². The van der Waals surface area contributed by atoms with Gasteiger partial charge in [-0.3, -0.25) is 13.6 Å². The highest BCUT2D eigenvalue weighted by molar-refractivity contribution is 6.42. The third kappa shape index (κ3) is 4.00. The average Bonchev–Trinajstić information content (AvgIpc) is 3.40. The Labute approximate surface area is 178 Å². The van der Waals surface area contributed by atoms with Crippen LogP contribution in [0.3, 0.4) is 0 Å². The number of halogens is 3. The van der Waals surface area contributed by atoms with Gasteiger partial charge < -0.3 is 19.4 Å². The number of aliphatic hydroxyl groups excluding tert-OH is 2. The molecule has 1 aromatic heterocycles. The third-order valence-corrected chi connectivity index (χ3v) is 5.60. The summed E-state index contributed by atoms with van der Waals surface area (Å²) in [4.78, 5) is 4.53. The van der Waals surface area contributed by atoms with E-state index in [4.69, 9.17) is 4.74 Å². The van der Waals surface area contributed by atoms with Gasteiger partial charge in [-0.25, -0.2) is 4.39 Å². The SMILES string of the molecule is CC1=CC(C)=N/C1=C(\c1ccc(-c2ccc(F)cc2)n1B(F)F)C1C[C@H](O)[C@@H](CO)O1. The second-order valence-corrected chi connectivity index (χ2v) is 7.75. The number of rotatable bonds is 5. The first-order valence-electron chi connectivity index (χ1n) is 9.98. The van der Waals surface area contributed by atoms with E-state index in [9.17, 15) is 23.2 Å². The van der Waals surface area contributed by atoms with E-state index >= 15 is 0 Å². The van der Waals surface area contributed by atoms with Gasteiger partial charge in [0.15, 0.2) is 0 Å². The molecule has 2 aliphatic rings. The normalized spacial score (nSPS) is 24.9. The smallest absolute Gasteiger partial charge is 0.394 e. The molecular formula is C22H22BF3N2O3. The molecule has 0 bridgehead atoms. The van der Waals surface area contributed by atoms with Gasteiger partial charge in [0.1, 0.15) is 11.9 Å². The highest BCUT2D eigenvalue weighted by atomic mass is 19.2. The van der Waals surface area contributed by atoms with Crippen LogP contribution in [0.15, 0.2) is 58.7 Å². The minimum Gasteiger partial charge on any atom is -0.394 e. The van der Waals surface area contributed by atoms with Gasteiger partial charge in [-0.15, -0.1) is 0 Å². The predicted molar refractivity (Wildman–Crippen MR) is 113 cm³/mol. The molecule has 31 heavy (non-hydrogen) atoms. The van der Waals surface area contributed by atoms with Gasteiger partial charge in [0.25, 0.3) is 0 Å². The molecule has 1 aromatic carbocycles. The Hall–Kier alpha value is -2.62. The molecule has 162 valence electrons. The predicted octanol–water partition coefficient (Wildman–Crippen LogP) is 3.71. The molecule has 2 aliphatic heterocycles. The van der Waals surface area contributed by atoms with Crippen molar-refractivity contribution >= 4 is 18.7 Å². The quantitative estimate of drug-likeness (QED) is 0.711. The number of hydrogen-bond acceptors (Lipinski definition) is 4. The zero-order valence-corrected chi connectivity index (χ0v) is 17.1. The van der Waals surface area contributed by atoms with Crippen LogP contribution in [0.5, 0.6) is 0 Å². The molecule has 0 radical (unpaired) electrons. The number of ether oxygens (including phenoxy) is 1. The van der Waals surface area contributed by atoms with Crippen LogP contribution in [0.4, 0.5) is 13.0 Å². The molecule has 3 heterocycles. The van der Waals surface area contributed by atoms with Gasteiger partial charge >= 0.3 is 7.40 Å². The summed E-state index contributed by atoms with van der Waals surface area (Å²) in [5, 5.41) is 19.7. The molecule has 0 aliphatic carbocycles. The van der Waals surface area contributed by atoms with E-state index in [0.29, 0.717) is 16.8 Å². The highest BCUT2D eigenvalue weighted by Crippen LogP contribution is 2.40. The minimum absolute atomic E-state index is 0.145. The number of allylic oxidation sites excluding steroid dienone is 2. The van der Waals surface area contributed by atoms with Gasteiger partial charge in [0.2, 0.25) is 0 Å². The topological polar surface area (TPSA) is 67.0 Å². The van der Waals surface area contributed by atoms with E-state index in [1.165, 1.54) is 24.3 Å². The fourth-order valence-electron chi connectivity index (χ4n) is 4.20. The first-order valence-corrected chi connectivity index (χ1v) is 9.98. The number of aromatic nitrogens is 1. The minimum atomic E-state index is -2.88. The molecular weight excluding hydrogens is 408 g/mol. The van der Waals surface area contributed by atoms with Crippen LogP contribution in [0, 0.1) is 5.82 Å². The molecule has 5 nitrogen and oxygen atoms in total. The Morgan fingerprint density at radius 1 is 1.19 bits per heavy atom. The van der Waals surface area contributed by atoms with Gasteiger partial charge in [0, 0.05) is 29.1 Å². The lowest BCUT2D eigenvalue weighted by Gasteiger charge is -2.21. The standard InChI is InChI=1S/C22H22BF3N2O3/c1-12-9-13(2)27-22(12)21(19-10-18(30)20(11-29)31-19)17-8-7-16(28(17)23(25)26)14-3-5-15(24)6-4-14/h3-9,18-20,29-30H,10-11H2,1-2H3/b22-21+/t18-,19?,20+/m0/s1. The van der Waals surface area contributed by atoms with E-state index in [-0.39, 0.29) is 24.4 Å². The van der Waals surface area contributed by atoms with Crippen LogP contribution >= 0.6 is 0 Å². The van der Waals surface area contributed by atoms with E-state index in [1.807, 2.05) is 19.9 Å². The van der Waals surface area contributed by atoms with Gasteiger partial charge in [-0.1, -0.05) is 12.1 Å². The summed E-state index contributed by atoms with van der Waals surface area (Å²) in [5.41, 5.74) is 3.33. The first kappa shape index (κ1) is 21.6. The van der Waals surface area contributed by atoms with Crippen LogP contribution in [0.1, 0.15) is 26.0 Å². The molecule has 4 rings (SSSR count). The molecule has 9 heteroatoms. The van der Waals surface area contributed by atoms with Gasteiger partial charge in [-0.2, -0.15) is 0 Å². The Balaban J connectivity index is 1.90. The Bertz CT molecular complexity index is 1080. The third-order valence-electron chi connectivity index (χ3n) is 5.60. The number of aliphatic imine (C=N–C) groups is 1. The van der Waals surface area contributed by atoms with Gasteiger partial charge in [-0.05, 0) is 55.3 Å². The molecule has 2 N–H and O–H groups in total. The summed E-state index contributed by atoms with van der Waals surface area (Å²) in [5.74, 6) is -0.457. The van der Waals surface area contributed by atoms with Crippen LogP contribution in [0.25, 0.3) is 16.8 Å². The van der Waals surface area contributed by atoms with Crippen molar-refractivity contribution in [1.82, 2.24) is 4.48 Å². The first-order chi connectivity index (χ1) is 14.8. The van der Waals surface area contributed by atoms with Crippen molar-refractivity contribution in [3.63, 3.8) is 0 Å². The van der Waals surface area contributed by atoms with Crippen LogP contribution in [0.2, 0.25) is 0 Å². The lowest BCUT2D eigenvalue weighted by molar-refractivity contribution is -0.00873. The summed E-state index contributed by atoms with van der Waals surface area (Å²) in [6.45, 7) is 3.26. The monoisotopic (exact) mass is 430 g/mol. The molecule has 0 saturated carbocycles. The summed E-state index contributed by atoms with van der Waals surface area (Å²) >= 11 is 0. The van der Waals surface area contributed by atoms with Crippen molar-refractivity contribution in [3.05, 3.63) is 65.3 Å². The maximum Gasteiger partial charge on any atom is 0.678 e. The van der Waals surface area contributed by atoms with Crippen molar-refractivity contribution in [2.24, 2.45) is 4.99 Å². The molecule has 0 amide bonds. The van der Waals surface area contributed by atoms with E-state index in [2.05, 4.69) is 4.99 Å². The number of aliphatic hydroxyl groups is 2. The number of nitrogens with zero attached hydrogens (tertiary/aromatic N) is 2. The van der Waals surface area contributed by atoms with Crippen LogP contribution < -0.4 is 0 Å². The Morgan fingerprint density at radius 2 is 1.90 bits per heavy atom. The Morgan fingerprint density at radius 3 is 2.45 bits per heavy atom. The summed E-state index contributed by atoms with van der Waals surface area (Å²) < 4.78 is 48.7.